The van der Waals surface area contributed by atoms with Gasteiger partial charge < -0.3 is 14.8 Å². The molecule has 0 heterocycles. The van der Waals surface area contributed by atoms with Crippen molar-refractivity contribution >= 4 is 5.97 Å². The van der Waals surface area contributed by atoms with Crippen molar-refractivity contribution in [3.63, 3.8) is 0 Å². The van der Waals surface area contributed by atoms with Crippen molar-refractivity contribution < 1.29 is 14.3 Å². The summed E-state index contributed by atoms with van der Waals surface area (Å²) in [6.45, 7) is 3.27. The zero-order valence-electron chi connectivity index (χ0n) is 11.5. The third kappa shape index (κ3) is 4.24. The number of rotatable bonds is 7. The van der Waals surface area contributed by atoms with Crippen molar-refractivity contribution in [1.82, 2.24) is 5.32 Å². The van der Waals surface area contributed by atoms with Crippen molar-refractivity contribution in [2.45, 2.75) is 32.4 Å². The van der Waals surface area contributed by atoms with Gasteiger partial charge >= 0.3 is 5.97 Å². The second-order valence-electron chi connectivity index (χ2n) is 4.96. The number of carbonyl (C=O) groups is 1. The van der Waals surface area contributed by atoms with Crippen molar-refractivity contribution in [2.24, 2.45) is 5.92 Å². The SMILES string of the molecule is COc1ccccc1CNCC(C)OC(=O)C1CC1. The molecule has 1 atom stereocenters. The molecule has 1 aromatic rings. The van der Waals surface area contributed by atoms with Gasteiger partial charge in [0.1, 0.15) is 11.9 Å². The first-order valence-corrected chi connectivity index (χ1v) is 6.74. The summed E-state index contributed by atoms with van der Waals surface area (Å²) in [5, 5.41) is 3.28. The van der Waals surface area contributed by atoms with E-state index in [0.717, 1.165) is 24.2 Å². The van der Waals surface area contributed by atoms with E-state index in [1.165, 1.54) is 0 Å². The largest absolute Gasteiger partial charge is 0.496 e. The van der Waals surface area contributed by atoms with Crippen molar-refractivity contribution in [3.8, 4) is 5.75 Å². The fraction of sp³-hybridized carbons (Fsp3) is 0.533. The molecule has 0 amide bonds. The predicted octanol–water partition coefficient (Wildman–Crippen LogP) is 2.13. The monoisotopic (exact) mass is 263 g/mol. The molecule has 0 saturated heterocycles. The topological polar surface area (TPSA) is 47.6 Å². The van der Waals surface area contributed by atoms with Crippen LogP contribution in [0.1, 0.15) is 25.3 Å². The first-order chi connectivity index (χ1) is 9.20. The zero-order valence-corrected chi connectivity index (χ0v) is 11.5. The van der Waals surface area contributed by atoms with Crippen LogP contribution in [0.2, 0.25) is 0 Å². The Labute approximate surface area is 114 Å². The maximum atomic E-state index is 11.5. The van der Waals surface area contributed by atoms with Gasteiger partial charge in [0, 0.05) is 18.7 Å². The average Bonchev–Trinajstić information content (AvgIpc) is 3.23. The third-order valence-corrected chi connectivity index (χ3v) is 3.17. The number of esters is 1. The summed E-state index contributed by atoms with van der Waals surface area (Å²) in [5.74, 6) is 0.987. The van der Waals surface area contributed by atoms with E-state index < -0.39 is 0 Å². The van der Waals surface area contributed by atoms with Gasteiger partial charge in [-0.05, 0) is 25.8 Å². The van der Waals surface area contributed by atoms with Gasteiger partial charge in [-0.15, -0.1) is 0 Å². The molecule has 1 unspecified atom stereocenters. The van der Waals surface area contributed by atoms with Crippen LogP contribution in [0.4, 0.5) is 0 Å². The van der Waals surface area contributed by atoms with Gasteiger partial charge in [0.15, 0.2) is 0 Å². The molecule has 1 aromatic carbocycles. The van der Waals surface area contributed by atoms with Gasteiger partial charge in [-0.1, -0.05) is 18.2 Å². The van der Waals surface area contributed by atoms with Gasteiger partial charge in [0.2, 0.25) is 0 Å². The molecule has 2 rings (SSSR count). The number of benzene rings is 1. The van der Waals surface area contributed by atoms with Gasteiger partial charge in [-0.3, -0.25) is 4.79 Å². The van der Waals surface area contributed by atoms with E-state index in [1.807, 2.05) is 31.2 Å². The summed E-state index contributed by atoms with van der Waals surface area (Å²) in [6, 6.07) is 7.89. The van der Waals surface area contributed by atoms with Crippen LogP contribution < -0.4 is 10.1 Å². The number of carbonyl (C=O) groups excluding carboxylic acids is 1. The Morgan fingerprint density at radius 1 is 1.42 bits per heavy atom. The van der Waals surface area contributed by atoms with Crippen LogP contribution >= 0.6 is 0 Å². The van der Waals surface area contributed by atoms with Crippen LogP contribution in [-0.4, -0.2) is 25.7 Å². The molecule has 0 spiro atoms. The number of hydrogen-bond donors (Lipinski definition) is 1. The smallest absolute Gasteiger partial charge is 0.309 e. The molecule has 1 aliphatic carbocycles. The highest BCUT2D eigenvalue weighted by atomic mass is 16.5. The van der Waals surface area contributed by atoms with E-state index in [0.29, 0.717) is 13.1 Å². The van der Waals surface area contributed by atoms with E-state index in [2.05, 4.69) is 5.32 Å². The lowest BCUT2D eigenvalue weighted by atomic mass is 10.2. The molecule has 4 nitrogen and oxygen atoms in total. The lowest BCUT2D eigenvalue weighted by Gasteiger charge is -2.15. The molecule has 0 aliphatic heterocycles. The second kappa shape index (κ2) is 6.57. The van der Waals surface area contributed by atoms with E-state index in [1.54, 1.807) is 7.11 Å². The lowest BCUT2D eigenvalue weighted by molar-refractivity contribution is -0.149. The van der Waals surface area contributed by atoms with Crippen LogP contribution in [0.25, 0.3) is 0 Å². The predicted molar refractivity (Wildman–Crippen MR) is 73.0 cm³/mol. The summed E-state index contributed by atoms with van der Waals surface area (Å²) in [5.41, 5.74) is 1.10. The minimum absolute atomic E-state index is 0.0495. The molecular formula is C15H21NO3. The Hall–Kier alpha value is -1.55. The Balaban J connectivity index is 1.71. The Kier molecular flexibility index (Phi) is 4.80. The Morgan fingerprint density at radius 2 is 2.16 bits per heavy atom. The lowest BCUT2D eigenvalue weighted by Crippen LogP contribution is -2.29. The summed E-state index contributed by atoms with van der Waals surface area (Å²) >= 11 is 0. The number of hydrogen-bond acceptors (Lipinski definition) is 4. The maximum Gasteiger partial charge on any atom is 0.309 e. The van der Waals surface area contributed by atoms with Crippen LogP contribution in [-0.2, 0) is 16.1 Å². The molecule has 4 heteroatoms. The molecule has 19 heavy (non-hydrogen) atoms. The summed E-state index contributed by atoms with van der Waals surface area (Å²) in [6.07, 6.45) is 1.88. The standard InChI is InChI=1S/C15H21NO3/c1-11(19-15(17)12-7-8-12)9-16-10-13-5-3-4-6-14(13)18-2/h3-6,11-12,16H,7-10H2,1-2H3. The molecule has 0 radical (unpaired) electrons. The first-order valence-electron chi connectivity index (χ1n) is 6.74. The highest BCUT2D eigenvalue weighted by molar-refractivity contribution is 5.75. The summed E-state index contributed by atoms with van der Waals surface area (Å²) in [7, 11) is 1.67. The van der Waals surface area contributed by atoms with Crippen LogP contribution in [0.15, 0.2) is 24.3 Å². The fourth-order valence-corrected chi connectivity index (χ4v) is 1.91. The highest BCUT2D eigenvalue weighted by Gasteiger charge is 2.32. The van der Waals surface area contributed by atoms with Crippen molar-refractivity contribution in [1.29, 1.82) is 0 Å². The third-order valence-electron chi connectivity index (χ3n) is 3.17. The number of para-hydroxylation sites is 1. The molecule has 104 valence electrons. The average molecular weight is 263 g/mol. The Morgan fingerprint density at radius 3 is 2.84 bits per heavy atom. The van der Waals surface area contributed by atoms with E-state index >= 15 is 0 Å². The van der Waals surface area contributed by atoms with Gasteiger partial charge in [-0.2, -0.15) is 0 Å². The minimum atomic E-state index is -0.0946. The molecule has 1 fully saturated rings. The zero-order chi connectivity index (χ0) is 13.7. The fourth-order valence-electron chi connectivity index (χ4n) is 1.91. The van der Waals surface area contributed by atoms with Gasteiger partial charge in [-0.25, -0.2) is 0 Å². The second-order valence-corrected chi connectivity index (χ2v) is 4.96. The molecule has 1 saturated carbocycles. The Bertz CT molecular complexity index is 429. The number of methoxy groups -OCH3 is 1. The minimum Gasteiger partial charge on any atom is -0.496 e. The number of nitrogens with one attached hydrogen (secondary N) is 1. The van der Waals surface area contributed by atoms with Gasteiger partial charge in [0.05, 0.1) is 13.0 Å². The molecule has 1 aliphatic rings. The van der Waals surface area contributed by atoms with E-state index in [9.17, 15) is 4.79 Å². The van der Waals surface area contributed by atoms with Crippen LogP contribution in [0.3, 0.4) is 0 Å². The normalized spacial score (nSPS) is 15.9. The summed E-state index contributed by atoms with van der Waals surface area (Å²) < 4.78 is 10.6. The molecular weight excluding hydrogens is 242 g/mol. The molecule has 1 N–H and O–H groups in total. The van der Waals surface area contributed by atoms with Gasteiger partial charge in [0.25, 0.3) is 0 Å². The first kappa shape index (κ1) is 13.9. The van der Waals surface area contributed by atoms with Crippen molar-refractivity contribution in [2.75, 3.05) is 13.7 Å². The van der Waals surface area contributed by atoms with Crippen LogP contribution in [0.5, 0.6) is 5.75 Å². The van der Waals surface area contributed by atoms with E-state index in [-0.39, 0.29) is 18.0 Å². The summed E-state index contributed by atoms with van der Waals surface area (Å²) in [4.78, 5) is 11.5. The highest BCUT2D eigenvalue weighted by Crippen LogP contribution is 2.30. The maximum absolute atomic E-state index is 11.5. The quantitative estimate of drug-likeness (QED) is 0.766. The van der Waals surface area contributed by atoms with E-state index in [4.69, 9.17) is 9.47 Å². The molecule has 0 aromatic heterocycles. The van der Waals surface area contributed by atoms with Crippen molar-refractivity contribution in [3.05, 3.63) is 29.8 Å². The number of ether oxygens (including phenoxy) is 2. The molecule has 0 bridgehead atoms. The van der Waals surface area contributed by atoms with Crippen LogP contribution in [0, 0.1) is 5.92 Å².